The van der Waals surface area contributed by atoms with Crippen molar-refractivity contribution >= 4 is 34.2 Å². The highest BCUT2D eigenvalue weighted by Crippen LogP contribution is 2.27. The minimum absolute atomic E-state index is 0.247. The number of amides is 1. The van der Waals surface area contributed by atoms with Gasteiger partial charge in [-0.1, -0.05) is 53.6 Å². The number of nitrogens with one attached hydrogen (secondary N) is 2. The van der Waals surface area contributed by atoms with Crippen LogP contribution >= 0.6 is 11.6 Å². The van der Waals surface area contributed by atoms with E-state index in [1.165, 1.54) is 5.56 Å². The van der Waals surface area contributed by atoms with Gasteiger partial charge in [0.25, 0.3) is 5.91 Å². The number of H-pyrrole nitrogens is 1. The Hall–Kier alpha value is -3.11. The molecule has 0 fully saturated rings. The van der Waals surface area contributed by atoms with Crippen LogP contribution in [0.5, 0.6) is 0 Å². The molecule has 0 bridgehead atoms. The number of carbonyl (C=O) groups is 1. The second-order valence-corrected chi connectivity index (χ2v) is 6.60. The molecule has 2 N–H and O–H groups in total. The van der Waals surface area contributed by atoms with Gasteiger partial charge >= 0.3 is 0 Å². The Balaban J connectivity index is 1.64. The molecule has 0 unspecified atom stereocenters. The summed E-state index contributed by atoms with van der Waals surface area (Å²) in [4.78, 5) is 12.4. The molecule has 1 heterocycles. The van der Waals surface area contributed by atoms with Gasteiger partial charge in [0.05, 0.1) is 5.52 Å². The molecule has 0 radical (unpaired) electrons. The molecule has 0 aliphatic carbocycles. The lowest BCUT2D eigenvalue weighted by Gasteiger charge is -2.05. The normalized spacial score (nSPS) is 10.8. The standard InChI is InChI=1S/C21H16ClN3O/c1-13-4-2-5-14(10-13)15-8-9-18-19(12-15)24-25-20(18)23-21(26)16-6-3-7-17(22)11-16/h2-12H,1H3,(H2,23,24,25,26). The molecule has 3 aromatic carbocycles. The molecular formula is C21H16ClN3O. The number of aromatic amines is 1. The third kappa shape index (κ3) is 3.19. The van der Waals surface area contributed by atoms with Gasteiger partial charge < -0.3 is 5.32 Å². The highest BCUT2D eigenvalue weighted by molar-refractivity contribution is 6.31. The Labute approximate surface area is 155 Å². The van der Waals surface area contributed by atoms with Crippen molar-refractivity contribution in [3.05, 3.63) is 82.9 Å². The first-order valence-electron chi connectivity index (χ1n) is 8.22. The van der Waals surface area contributed by atoms with Crippen LogP contribution in [0.2, 0.25) is 5.02 Å². The number of benzene rings is 3. The van der Waals surface area contributed by atoms with Crippen LogP contribution in [0.1, 0.15) is 15.9 Å². The number of rotatable bonds is 3. The number of nitrogens with zero attached hydrogens (tertiary/aromatic N) is 1. The van der Waals surface area contributed by atoms with Crippen molar-refractivity contribution < 1.29 is 4.79 Å². The Morgan fingerprint density at radius 1 is 1.00 bits per heavy atom. The number of hydrogen-bond acceptors (Lipinski definition) is 2. The van der Waals surface area contributed by atoms with Crippen LogP contribution in [0, 0.1) is 6.92 Å². The van der Waals surface area contributed by atoms with Crippen LogP contribution in [-0.4, -0.2) is 16.1 Å². The van der Waals surface area contributed by atoms with E-state index >= 15 is 0 Å². The predicted molar refractivity (Wildman–Crippen MR) is 106 cm³/mol. The molecule has 0 spiro atoms. The van der Waals surface area contributed by atoms with Crippen molar-refractivity contribution in [2.45, 2.75) is 6.92 Å². The molecular weight excluding hydrogens is 346 g/mol. The Bertz CT molecular complexity index is 1120. The maximum absolute atomic E-state index is 12.4. The summed E-state index contributed by atoms with van der Waals surface area (Å²) < 4.78 is 0. The summed E-state index contributed by atoms with van der Waals surface area (Å²) in [6.07, 6.45) is 0. The number of aryl methyl sites for hydroxylation is 1. The average Bonchev–Trinajstić information content (AvgIpc) is 3.04. The van der Waals surface area contributed by atoms with Crippen LogP contribution in [0.4, 0.5) is 5.82 Å². The summed E-state index contributed by atoms with van der Waals surface area (Å²) in [6.45, 7) is 2.07. The molecule has 5 heteroatoms. The van der Waals surface area contributed by atoms with Gasteiger partial charge in [-0.3, -0.25) is 9.89 Å². The fourth-order valence-corrected chi connectivity index (χ4v) is 3.12. The molecule has 0 atom stereocenters. The molecule has 26 heavy (non-hydrogen) atoms. The van der Waals surface area contributed by atoms with Crippen LogP contribution in [0.25, 0.3) is 22.0 Å². The van der Waals surface area contributed by atoms with Gasteiger partial charge in [0, 0.05) is 16.0 Å². The number of aromatic nitrogens is 2. The number of anilines is 1. The third-order valence-corrected chi connectivity index (χ3v) is 4.47. The molecule has 0 aliphatic heterocycles. The third-order valence-electron chi connectivity index (χ3n) is 4.23. The molecule has 0 saturated heterocycles. The van der Waals surface area contributed by atoms with Crippen LogP contribution in [0.15, 0.2) is 66.7 Å². The smallest absolute Gasteiger partial charge is 0.256 e. The Kier molecular flexibility index (Phi) is 4.19. The Morgan fingerprint density at radius 3 is 2.62 bits per heavy atom. The van der Waals surface area contributed by atoms with Crippen molar-refractivity contribution in [1.29, 1.82) is 0 Å². The summed E-state index contributed by atoms with van der Waals surface area (Å²) in [5.41, 5.74) is 4.81. The van der Waals surface area contributed by atoms with E-state index in [0.717, 1.165) is 22.0 Å². The lowest BCUT2D eigenvalue weighted by atomic mass is 10.0. The highest BCUT2D eigenvalue weighted by atomic mass is 35.5. The van der Waals surface area contributed by atoms with E-state index in [2.05, 4.69) is 40.6 Å². The van der Waals surface area contributed by atoms with E-state index < -0.39 is 0 Å². The summed E-state index contributed by atoms with van der Waals surface area (Å²) >= 11 is 5.95. The van der Waals surface area contributed by atoms with Crippen molar-refractivity contribution in [1.82, 2.24) is 10.2 Å². The SMILES string of the molecule is Cc1cccc(-c2ccc3c(NC(=O)c4cccc(Cl)c4)n[nH]c3c2)c1. The number of carbonyl (C=O) groups excluding carboxylic acids is 1. The van der Waals surface area contributed by atoms with Gasteiger partial charge in [-0.25, -0.2) is 0 Å². The van der Waals surface area contributed by atoms with Crippen molar-refractivity contribution in [3.63, 3.8) is 0 Å². The molecule has 1 amide bonds. The van der Waals surface area contributed by atoms with E-state index in [1.807, 2.05) is 24.3 Å². The summed E-state index contributed by atoms with van der Waals surface area (Å²) in [7, 11) is 0. The minimum Gasteiger partial charge on any atom is -0.305 e. The molecule has 128 valence electrons. The minimum atomic E-state index is -0.247. The topological polar surface area (TPSA) is 57.8 Å². The van der Waals surface area contributed by atoms with Crippen LogP contribution < -0.4 is 5.32 Å². The highest BCUT2D eigenvalue weighted by Gasteiger charge is 2.12. The maximum atomic E-state index is 12.4. The second kappa shape index (κ2) is 6.65. The maximum Gasteiger partial charge on any atom is 0.256 e. The molecule has 4 aromatic rings. The lowest BCUT2D eigenvalue weighted by molar-refractivity contribution is 0.102. The lowest BCUT2D eigenvalue weighted by Crippen LogP contribution is -2.12. The van der Waals surface area contributed by atoms with Gasteiger partial charge in [0.1, 0.15) is 0 Å². The summed E-state index contributed by atoms with van der Waals surface area (Å²) in [5, 5.41) is 11.5. The first kappa shape index (κ1) is 16.4. The van der Waals surface area contributed by atoms with E-state index in [-0.39, 0.29) is 5.91 Å². The van der Waals surface area contributed by atoms with Crippen molar-refractivity contribution in [2.24, 2.45) is 0 Å². The monoisotopic (exact) mass is 361 g/mol. The Morgan fingerprint density at radius 2 is 1.81 bits per heavy atom. The average molecular weight is 362 g/mol. The zero-order valence-corrected chi connectivity index (χ0v) is 14.8. The van der Waals surface area contributed by atoms with Gasteiger partial charge in [0.15, 0.2) is 5.82 Å². The van der Waals surface area contributed by atoms with Gasteiger partial charge in [-0.05, 0) is 48.4 Å². The predicted octanol–water partition coefficient (Wildman–Crippen LogP) is 5.44. The van der Waals surface area contributed by atoms with Crippen LogP contribution in [0.3, 0.4) is 0 Å². The number of halogens is 1. The number of fused-ring (bicyclic) bond motifs is 1. The van der Waals surface area contributed by atoms with E-state index in [9.17, 15) is 4.79 Å². The van der Waals surface area contributed by atoms with E-state index in [0.29, 0.717) is 16.4 Å². The van der Waals surface area contributed by atoms with Gasteiger partial charge in [-0.15, -0.1) is 0 Å². The van der Waals surface area contributed by atoms with Crippen molar-refractivity contribution in [2.75, 3.05) is 5.32 Å². The molecule has 0 saturated carbocycles. The second-order valence-electron chi connectivity index (χ2n) is 6.17. The summed E-state index contributed by atoms with van der Waals surface area (Å²) in [5.74, 6) is 0.254. The first-order chi connectivity index (χ1) is 12.6. The molecule has 4 nitrogen and oxygen atoms in total. The quantitative estimate of drug-likeness (QED) is 0.510. The van der Waals surface area contributed by atoms with Gasteiger partial charge in [-0.2, -0.15) is 5.10 Å². The van der Waals surface area contributed by atoms with Crippen LogP contribution in [-0.2, 0) is 0 Å². The number of hydrogen-bond donors (Lipinski definition) is 2. The first-order valence-corrected chi connectivity index (χ1v) is 8.60. The van der Waals surface area contributed by atoms with Gasteiger partial charge in [0.2, 0.25) is 0 Å². The zero-order valence-electron chi connectivity index (χ0n) is 14.1. The molecule has 4 rings (SSSR count). The fourth-order valence-electron chi connectivity index (χ4n) is 2.93. The summed E-state index contributed by atoms with van der Waals surface area (Å²) in [6, 6.07) is 21.2. The van der Waals surface area contributed by atoms with E-state index in [1.54, 1.807) is 24.3 Å². The van der Waals surface area contributed by atoms with Crippen molar-refractivity contribution in [3.8, 4) is 11.1 Å². The van der Waals surface area contributed by atoms with E-state index in [4.69, 9.17) is 11.6 Å². The largest absolute Gasteiger partial charge is 0.305 e. The molecule has 1 aromatic heterocycles. The molecule has 0 aliphatic rings. The fraction of sp³-hybridized carbons (Fsp3) is 0.0476. The zero-order chi connectivity index (χ0) is 18.1.